The Morgan fingerprint density at radius 2 is 1.19 bits per heavy atom. The molecule has 3 aromatic heterocycles. The zero-order valence-corrected chi connectivity index (χ0v) is 52.0. The number of rotatable bonds is 28. The molecule has 0 saturated carbocycles. The topological polar surface area (TPSA) is 332 Å². The van der Waals surface area contributed by atoms with E-state index in [1.807, 2.05) is 37.5 Å². The molecule has 0 fully saturated rings. The van der Waals surface area contributed by atoms with E-state index in [-0.39, 0.29) is 72.6 Å². The number of hydrogen-bond donors (Lipinski definition) is 6. The second-order valence-corrected chi connectivity index (χ2v) is 22.8. The molecule has 0 atom stereocenters. The van der Waals surface area contributed by atoms with E-state index in [1.54, 1.807) is 84.9 Å². The van der Waals surface area contributed by atoms with Gasteiger partial charge in [0, 0.05) is 60.3 Å². The van der Waals surface area contributed by atoms with E-state index in [9.17, 15) is 42.5 Å². The number of nitrogens with one attached hydrogen (secondary N) is 4. The summed E-state index contributed by atoms with van der Waals surface area (Å²) in [5.41, 5.74) is 1.70. The second-order valence-electron chi connectivity index (χ2n) is 18.3. The van der Waals surface area contributed by atoms with E-state index in [0.29, 0.717) is 82.3 Å². The maximum absolute atomic E-state index is 13.4. The Morgan fingerprint density at radius 1 is 0.716 bits per heavy atom. The monoisotopic (exact) mass is 1270 g/mol. The molecule has 0 saturated heterocycles. The molecular formula is C59H59N15O10S4. The number of aliphatic hydroxyl groups excluding tert-OH is 1. The van der Waals surface area contributed by atoms with Gasteiger partial charge in [-0.05, 0) is 96.2 Å². The van der Waals surface area contributed by atoms with Gasteiger partial charge in [0.1, 0.15) is 44.4 Å². The van der Waals surface area contributed by atoms with Crippen LogP contribution in [0.1, 0.15) is 56.9 Å². The Kier molecular flexibility index (Phi) is 22.8. The zero-order valence-electron chi connectivity index (χ0n) is 48.8. The van der Waals surface area contributed by atoms with Gasteiger partial charge in [-0.2, -0.15) is 33.7 Å². The quantitative estimate of drug-likeness (QED) is 0.00505. The average Bonchev–Trinajstić information content (AvgIpc) is 2.39. The van der Waals surface area contributed by atoms with Crippen LogP contribution in [0.4, 0.5) is 73.1 Å². The molecule has 7 aromatic rings. The van der Waals surface area contributed by atoms with Crippen LogP contribution in [-0.2, 0) is 29.3 Å². The van der Waals surface area contributed by atoms with Crippen molar-refractivity contribution >= 4 is 153 Å². The predicted octanol–water partition coefficient (Wildman–Crippen LogP) is 13.0. The molecule has 0 unspecified atom stereocenters. The SMILES string of the molecule is [C-]#[N+]c1cc(/C=C(\C(C)=O)C(=O)Nc2ccccc2)sc1N=Nc1cc(OC)c(N(CC)CC)cc1Nc1nc(Nc2cc(N(CC)CC)c(OC)cc2N=Nc2sc(/C=C(/C(C)=O)C(=O)Nc3ccccc3)c(S(=O)(=O)O)c2C#N)nc(SCCO)n1. The fourth-order valence-electron chi connectivity index (χ4n) is 8.46. The fourth-order valence-corrected chi connectivity index (χ4v) is 12.0. The second kappa shape index (κ2) is 30.6. The number of carbonyl (C=O) groups is 4. The lowest BCUT2D eigenvalue weighted by atomic mass is 10.1. The van der Waals surface area contributed by atoms with E-state index < -0.39 is 49.5 Å². The van der Waals surface area contributed by atoms with Crippen molar-refractivity contribution in [3.05, 3.63) is 129 Å². The summed E-state index contributed by atoms with van der Waals surface area (Å²) in [6.45, 7) is 20.2. The Labute approximate surface area is 519 Å². The minimum Gasteiger partial charge on any atom is -0.494 e. The first kappa shape index (κ1) is 65.8. The van der Waals surface area contributed by atoms with E-state index in [1.165, 1.54) is 39.4 Å². The molecular weight excluding hydrogens is 1210 g/mol. The Balaban J connectivity index is 1.33. The highest BCUT2D eigenvalue weighted by Gasteiger charge is 2.29. The van der Waals surface area contributed by atoms with Crippen molar-refractivity contribution in [1.29, 1.82) is 5.26 Å². The van der Waals surface area contributed by atoms with Crippen molar-refractivity contribution in [3.63, 3.8) is 0 Å². The largest absolute Gasteiger partial charge is 0.494 e. The van der Waals surface area contributed by atoms with Crippen LogP contribution in [-0.4, -0.2) is 109 Å². The van der Waals surface area contributed by atoms with Crippen LogP contribution in [0.5, 0.6) is 11.5 Å². The number of hydrogen-bond acceptors (Lipinski definition) is 24. The van der Waals surface area contributed by atoms with Gasteiger partial charge in [-0.3, -0.25) is 23.7 Å². The van der Waals surface area contributed by atoms with Crippen LogP contribution in [0, 0.1) is 17.9 Å². The molecule has 2 amide bonds. The maximum atomic E-state index is 13.4. The van der Waals surface area contributed by atoms with Gasteiger partial charge in [0.25, 0.3) is 21.9 Å². The minimum atomic E-state index is -5.20. The molecule has 25 nitrogen and oxygen atoms in total. The molecule has 0 aliphatic rings. The van der Waals surface area contributed by atoms with Gasteiger partial charge in [0.2, 0.25) is 17.6 Å². The number of ketones is 2. The number of carbonyl (C=O) groups excluding carboxylic acids is 4. The number of thioether (sulfide) groups is 1. The molecule has 4 aromatic carbocycles. The van der Waals surface area contributed by atoms with Crippen molar-refractivity contribution in [2.75, 3.05) is 83.8 Å². The molecule has 88 heavy (non-hydrogen) atoms. The van der Waals surface area contributed by atoms with Crippen LogP contribution >= 0.6 is 34.4 Å². The number of aliphatic hydroxyl groups is 1. The lowest BCUT2D eigenvalue weighted by Crippen LogP contribution is -2.22. The van der Waals surface area contributed by atoms with Crippen molar-refractivity contribution in [1.82, 2.24) is 15.0 Å². The number of thiophene rings is 2. The van der Waals surface area contributed by atoms with Gasteiger partial charge < -0.3 is 45.6 Å². The molecule has 6 N–H and O–H groups in total. The third-order valence-electron chi connectivity index (χ3n) is 12.7. The third-order valence-corrected chi connectivity index (χ3v) is 16.6. The number of nitrogens with zero attached hydrogens (tertiary/aromatic N) is 11. The highest BCUT2D eigenvalue weighted by molar-refractivity contribution is 7.99. The Hall–Kier alpha value is -9.75. The molecule has 3 heterocycles. The van der Waals surface area contributed by atoms with Crippen LogP contribution in [0.2, 0.25) is 0 Å². The molecule has 7 rings (SSSR count). The van der Waals surface area contributed by atoms with Gasteiger partial charge in [-0.25, -0.2) is 4.85 Å². The summed E-state index contributed by atoms with van der Waals surface area (Å²) in [5, 5.41) is 50.1. The van der Waals surface area contributed by atoms with Crippen LogP contribution < -0.4 is 40.5 Å². The van der Waals surface area contributed by atoms with Crippen LogP contribution in [0.25, 0.3) is 17.0 Å². The number of amides is 2. The van der Waals surface area contributed by atoms with Gasteiger partial charge >= 0.3 is 0 Å². The van der Waals surface area contributed by atoms with E-state index >= 15 is 0 Å². The van der Waals surface area contributed by atoms with Gasteiger partial charge in [0.05, 0.1) is 66.2 Å². The number of nitriles is 1. The van der Waals surface area contributed by atoms with Gasteiger partial charge in [-0.1, -0.05) is 48.2 Å². The van der Waals surface area contributed by atoms with Crippen molar-refractivity contribution in [2.24, 2.45) is 20.5 Å². The molecule has 0 aliphatic heterocycles. The lowest BCUT2D eigenvalue weighted by Gasteiger charge is -2.25. The number of anilines is 8. The number of Topliss-reactive ketones (excluding diaryl/α,β-unsaturated/α-hetero) is 2. The molecule has 454 valence electrons. The first-order chi connectivity index (χ1) is 42.3. The molecule has 0 radical (unpaired) electrons. The highest BCUT2D eigenvalue weighted by atomic mass is 32.2. The van der Waals surface area contributed by atoms with E-state index in [0.717, 1.165) is 36.1 Å². The van der Waals surface area contributed by atoms with Gasteiger partial charge in [-0.15, -0.1) is 38.0 Å². The number of aromatic nitrogens is 3. The summed E-state index contributed by atoms with van der Waals surface area (Å²) >= 11 is 2.71. The summed E-state index contributed by atoms with van der Waals surface area (Å²) in [7, 11) is -2.24. The number of ether oxygens (including phenoxy) is 2. The zero-order chi connectivity index (χ0) is 63.7. The standard InChI is InChI=1S/C59H59N15O10S4/c1-10-73(11-2)47-29-42(44(31-49(47)83-8)69-71-55-41(33-60)52(88(80,81)82)51(87-55)28-40(35(6)77)54(79)63-37-22-18-15-19-23-37)64-57-66-58(68-59(67-57)85-25-24-75)65-43-30-48(74(12-3)13-4)50(84-9)32-45(43)70-72-56-46(61-7)27-38(86-56)26-39(34(5)76)53(78)62-36-20-16-14-17-21-36/h14-23,26-32,75H,10-13,24-25H2,1-6,8-9H3,(H,62,78)(H,63,79)(H,80,81,82)(H2,64,65,66,67,68)/b39-26+,40-28-,71-69?,72-70?. The molecule has 0 bridgehead atoms. The fraction of sp³-hybridized carbons (Fsp3) is 0.237. The third kappa shape index (κ3) is 16.4. The van der Waals surface area contributed by atoms with E-state index in [2.05, 4.69) is 56.5 Å². The lowest BCUT2D eigenvalue weighted by molar-refractivity contribution is -0.120. The average molecular weight is 1270 g/mol. The van der Waals surface area contributed by atoms with E-state index in [4.69, 9.17) is 21.0 Å². The summed E-state index contributed by atoms with van der Waals surface area (Å²) in [5.74, 6) is -1.92. The van der Waals surface area contributed by atoms with Crippen LogP contribution in [0.15, 0.2) is 133 Å². The molecule has 29 heteroatoms. The highest BCUT2D eigenvalue weighted by Crippen LogP contribution is 2.46. The van der Waals surface area contributed by atoms with Crippen molar-refractivity contribution < 1.29 is 46.7 Å². The molecule has 0 spiro atoms. The summed E-state index contributed by atoms with van der Waals surface area (Å²) < 4.78 is 48.3. The normalized spacial score (nSPS) is 11.7. The number of benzene rings is 4. The smallest absolute Gasteiger partial charge is 0.297 e. The first-order valence-corrected chi connectivity index (χ1v) is 30.9. The number of methoxy groups -OCH3 is 2. The van der Waals surface area contributed by atoms with Crippen molar-refractivity contribution in [2.45, 2.75) is 51.6 Å². The number of para-hydroxylation sites is 2. The summed E-state index contributed by atoms with van der Waals surface area (Å²) in [6.07, 6.45) is 2.35. The van der Waals surface area contributed by atoms with Gasteiger partial charge in [0.15, 0.2) is 21.7 Å². The number of azo groups is 2. The van der Waals surface area contributed by atoms with Crippen molar-refractivity contribution in [3.8, 4) is 17.6 Å². The molecule has 0 aliphatic carbocycles. The Bertz CT molecular complexity index is 4080. The first-order valence-electron chi connectivity index (χ1n) is 26.8. The van der Waals surface area contributed by atoms with Crippen LogP contribution in [0.3, 0.4) is 0 Å². The predicted molar refractivity (Wildman–Crippen MR) is 343 cm³/mol. The minimum absolute atomic E-state index is 0.0282. The Morgan fingerprint density at radius 3 is 1.61 bits per heavy atom. The summed E-state index contributed by atoms with van der Waals surface area (Å²) in [4.78, 5) is 73.4. The maximum Gasteiger partial charge on any atom is 0.297 e. The summed E-state index contributed by atoms with van der Waals surface area (Å²) in [6, 6.07) is 26.8.